The average Bonchev–Trinajstić information content (AvgIpc) is 2.84. The highest BCUT2D eigenvalue weighted by Crippen LogP contribution is 2.54. The lowest BCUT2D eigenvalue weighted by atomic mass is 10.0. The highest BCUT2D eigenvalue weighted by Gasteiger charge is 2.30. The number of rotatable bonds is 2. The Hall–Kier alpha value is -4.24. The van der Waals surface area contributed by atoms with Crippen LogP contribution in [0.5, 0.6) is 0 Å². The predicted molar refractivity (Wildman–Crippen MR) is 131 cm³/mol. The summed E-state index contributed by atoms with van der Waals surface area (Å²) in [6, 6.07) is 40.2. The summed E-state index contributed by atoms with van der Waals surface area (Å²) < 4.78 is 0. The van der Waals surface area contributed by atoms with Crippen molar-refractivity contribution in [3.05, 3.63) is 115 Å². The number of nitrogens with zero attached hydrogens (tertiary/aromatic N) is 2. The van der Waals surface area contributed by atoms with Crippen LogP contribution in [0.4, 0.5) is 39.8 Å². The molecule has 0 atom stereocenters. The van der Waals surface area contributed by atoms with E-state index in [2.05, 4.69) is 113 Å². The van der Waals surface area contributed by atoms with Crippen LogP contribution < -0.4 is 15.5 Å². The molecule has 0 radical (unpaired) electrons. The molecule has 0 saturated heterocycles. The number of hydrogen-bond acceptors (Lipinski definition) is 3. The number of fused-ring (bicyclic) bond motifs is 3. The topological polar surface area (TPSA) is 32.5 Å². The quantitative estimate of drug-likeness (QED) is 0.303. The summed E-state index contributed by atoms with van der Waals surface area (Å²) >= 11 is 0. The molecule has 0 spiro atoms. The maximum atomic E-state index is 6.32. The fourth-order valence-corrected chi connectivity index (χ4v) is 4.56. The van der Waals surface area contributed by atoms with Crippen LogP contribution in [0.1, 0.15) is 0 Å². The van der Waals surface area contributed by atoms with Crippen LogP contribution in [0.3, 0.4) is 0 Å². The first-order valence-corrected chi connectivity index (χ1v) is 10.4. The maximum Gasteiger partial charge on any atom is 0.0703 e. The van der Waals surface area contributed by atoms with Crippen LogP contribution in [-0.4, -0.2) is 0 Å². The molecule has 3 nitrogen and oxygen atoms in total. The van der Waals surface area contributed by atoms with Crippen LogP contribution in [0.2, 0.25) is 0 Å². The third kappa shape index (κ3) is 2.67. The summed E-state index contributed by atoms with van der Waals surface area (Å²) in [7, 11) is 0. The monoisotopic (exact) mass is 399 g/mol. The third-order valence-electron chi connectivity index (χ3n) is 5.92. The van der Waals surface area contributed by atoms with Gasteiger partial charge in [-0.1, -0.05) is 66.7 Å². The summed E-state index contributed by atoms with van der Waals surface area (Å²) in [6.07, 6.45) is 0. The van der Waals surface area contributed by atoms with Crippen molar-refractivity contribution in [2.75, 3.05) is 15.5 Å². The molecule has 0 unspecified atom stereocenters. The standard InChI is InChI=1S/C28H21N3/c29-23-18-19-24(22-13-5-4-12-21(22)23)31-27-16-8-6-14-25(27)30(20-10-2-1-3-11-20)26-15-7-9-17-28(26)31/h1-19H,29H2. The summed E-state index contributed by atoms with van der Waals surface area (Å²) in [5, 5.41) is 2.21. The molecule has 0 aliphatic carbocycles. The number of hydrogen-bond donors (Lipinski definition) is 1. The van der Waals surface area contributed by atoms with E-state index in [0.717, 1.165) is 50.6 Å². The minimum atomic E-state index is 0.795. The SMILES string of the molecule is Nc1ccc(N2c3ccccc3N(c3ccccc3)c3ccccc32)c2ccccc12. The summed E-state index contributed by atoms with van der Waals surface area (Å²) in [5.74, 6) is 0. The second-order valence-electron chi connectivity index (χ2n) is 7.70. The minimum absolute atomic E-state index is 0.795. The van der Waals surface area contributed by atoms with Gasteiger partial charge in [0.25, 0.3) is 0 Å². The first kappa shape index (κ1) is 17.6. The van der Waals surface area contributed by atoms with Crippen molar-refractivity contribution < 1.29 is 0 Å². The van der Waals surface area contributed by atoms with Gasteiger partial charge < -0.3 is 15.5 Å². The first-order chi connectivity index (χ1) is 15.3. The molecule has 1 aliphatic rings. The molecule has 3 heteroatoms. The van der Waals surface area contributed by atoms with E-state index >= 15 is 0 Å². The van der Waals surface area contributed by atoms with E-state index in [1.165, 1.54) is 0 Å². The molecule has 0 aromatic heterocycles. The molecule has 0 fully saturated rings. The molecule has 31 heavy (non-hydrogen) atoms. The van der Waals surface area contributed by atoms with Crippen LogP contribution in [0.25, 0.3) is 10.8 Å². The zero-order chi connectivity index (χ0) is 20.8. The van der Waals surface area contributed by atoms with Crippen LogP contribution in [-0.2, 0) is 0 Å². The Labute approximate surface area is 181 Å². The lowest BCUT2D eigenvalue weighted by Gasteiger charge is -2.40. The Bertz CT molecular complexity index is 1360. The molecule has 2 N–H and O–H groups in total. The Kier molecular flexibility index (Phi) is 3.93. The molecule has 0 amide bonds. The van der Waals surface area contributed by atoms with E-state index in [1.807, 2.05) is 12.1 Å². The van der Waals surface area contributed by atoms with Gasteiger partial charge in [0.1, 0.15) is 0 Å². The van der Waals surface area contributed by atoms with E-state index in [-0.39, 0.29) is 0 Å². The summed E-state index contributed by atoms with van der Waals surface area (Å²) in [4.78, 5) is 4.69. The lowest BCUT2D eigenvalue weighted by molar-refractivity contribution is 1.17. The van der Waals surface area contributed by atoms with Crippen molar-refractivity contribution in [1.82, 2.24) is 0 Å². The van der Waals surface area contributed by atoms with E-state index in [4.69, 9.17) is 5.73 Å². The Morgan fingerprint density at radius 1 is 0.387 bits per heavy atom. The van der Waals surface area contributed by atoms with E-state index in [0.29, 0.717) is 0 Å². The smallest absolute Gasteiger partial charge is 0.0703 e. The van der Waals surface area contributed by atoms with Crippen molar-refractivity contribution in [3.8, 4) is 0 Å². The second-order valence-corrected chi connectivity index (χ2v) is 7.70. The molecule has 1 heterocycles. The number of anilines is 7. The highest BCUT2D eigenvalue weighted by molar-refractivity contribution is 6.09. The van der Waals surface area contributed by atoms with Crippen molar-refractivity contribution in [2.45, 2.75) is 0 Å². The van der Waals surface area contributed by atoms with E-state index in [9.17, 15) is 0 Å². The molecule has 1 aliphatic heterocycles. The normalized spacial score (nSPS) is 12.5. The summed E-state index contributed by atoms with van der Waals surface area (Å²) in [6.45, 7) is 0. The van der Waals surface area contributed by atoms with Crippen molar-refractivity contribution in [2.24, 2.45) is 0 Å². The maximum absolute atomic E-state index is 6.32. The van der Waals surface area contributed by atoms with Gasteiger partial charge in [-0.15, -0.1) is 0 Å². The van der Waals surface area contributed by atoms with Crippen molar-refractivity contribution >= 4 is 50.6 Å². The molecule has 6 rings (SSSR count). The molecule has 0 saturated carbocycles. The lowest BCUT2D eigenvalue weighted by Crippen LogP contribution is -2.24. The van der Waals surface area contributed by atoms with Crippen molar-refractivity contribution in [1.29, 1.82) is 0 Å². The van der Waals surface area contributed by atoms with Gasteiger partial charge in [0.05, 0.1) is 28.4 Å². The van der Waals surface area contributed by atoms with Crippen molar-refractivity contribution in [3.63, 3.8) is 0 Å². The Morgan fingerprint density at radius 3 is 1.48 bits per heavy atom. The molecule has 0 bridgehead atoms. The second kappa shape index (κ2) is 6.92. The zero-order valence-corrected chi connectivity index (χ0v) is 16.9. The molecule has 5 aromatic carbocycles. The first-order valence-electron chi connectivity index (χ1n) is 10.4. The van der Waals surface area contributed by atoms with Gasteiger partial charge in [-0.3, -0.25) is 0 Å². The van der Waals surface area contributed by atoms with Gasteiger partial charge in [-0.25, -0.2) is 0 Å². The van der Waals surface area contributed by atoms with Crippen LogP contribution in [0.15, 0.2) is 115 Å². The Balaban J connectivity index is 1.67. The van der Waals surface area contributed by atoms with Crippen LogP contribution in [0, 0.1) is 0 Å². The number of benzene rings is 5. The van der Waals surface area contributed by atoms with Crippen LogP contribution >= 0.6 is 0 Å². The zero-order valence-electron chi connectivity index (χ0n) is 16.9. The highest BCUT2D eigenvalue weighted by atomic mass is 15.3. The van der Waals surface area contributed by atoms with Gasteiger partial charge in [0, 0.05) is 22.1 Å². The third-order valence-corrected chi connectivity index (χ3v) is 5.92. The minimum Gasteiger partial charge on any atom is -0.398 e. The number of nitrogen functional groups attached to an aromatic ring is 1. The Morgan fingerprint density at radius 2 is 0.871 bits per heavy atom. The largest absolute Gasteiger partial charge is 0.398 e. The van der Waals surface area contributed by atoms with Gasteiger partial charge in [0.2, 0.25) is 0 Å². The van der Waals surface area contributed by atoms with E-state index < -0.39 is 0 Å². The fraction of sp³-hybridized carbons (Fsp3) is 0. The molecule has 5 aromatic rings. The average molecular weight is 399 g/mol. The molecular weight excluding hydrogens is 378 g/mol. The summed E-state index contributed by atoms with van der Waals surface area (Å²) in [5.41, 5.74) is 13.9. The number of nitrogens with two attached hydrogens (primary N) is 1. The number of para-hydroxylation sites is 5. The van der Waals surface area contributed by atoms with Gasteiger partial charge >= 0.3 is 0 Å². The molecular formula is C28H21N3. The fourth-order valence-electron chi connectivity index (χ4n) is 4.56. The molecule has 148 valence electrons. The van der Waals surface area contributed by atoms with Gasteiger partial charge in [0.15, 0.2) is 0 Å². The predicted octanol–water partition coefficient (Wildman–Crippen LogP) is 7.68. The van der Waals surface area contributed by atoms with Gasteiger partial charge in [-0.2, -0.15) is 0 Å². The van der Waals surface area contributed by atoms with E-state index in [1.54, 1.807) is 0 Å². The van der Waals surface area contributed by atoms with Gasteiger partial charge in [-0.05, 0) is 48.5 Å².